The predicted molar refractivity (Wildman–Crippen MR) is 80.0 cm³/mol. The van der Waals surface area contributed by atoms with Gasteiger partial charge in [-0.25, -0.2) is 8.78 Å². The fraction of sp³-hybridized carbons (Fsp3) is 0.188. The highest BCUT2D eigenvalue weighted by molar-refractivity contribution is 5.94. The molecule has 0 radical (unpaired) electrons. The molecule has 2 aromatic carbocycles. The van der Waals surface area contributed by atoms with E-state index < -0.39 is 28.5 Å². The van der Waals surface area contributed by atoms with E-state index in [1.165, 1.54) is 30.1 Å². The molecule has 0 saturated carbocycles. The topological polar surface area (TPSA) is 63.5 Å². The molecule has 0 aliphatic heterocycles. The fourth-order valence-corrected chi connectivity index (χ4v) is 2.18. The lowest BCUT2D eigenvalue weighted by molar-refractivity contribution is -0.384. The molecule has 0 unspecified atom stereocenters. The Morgan fingerprint density at radius 3 is 2.35 bits per heavy atom. The molecule has 2 rings (SSSR count). The summed E-state index contributed by atoms with van der Waals surface area (Å²) < 4.78 is 26.5. The highest BCUT2D eigenvalue weighted by Crippen LogP contribution is 2.24. The Morgan fingerprint density at radius 1 is 1.17 bits per heavy atom. The van der Waals surface area contributed by atoms with Crippen molar-refractivity contribution in [1.82, 2.24) is 4.90 Å². The van der Waals surface area contributed by atoms with Crippen molar-refractivity contribution in [3.05, 3.63) is 75.3 Å². The quantitative estimate of drug-likeness (QED) is 0.637. The van der Waals surface area contributed by atoms with Gasteiger partial charge in [0.2, 0.25) is 0 Å². The minimum atomic E-state index is -0.843. The van der Waals surface area contributed by atoms with Gasteiger partial charge in [0.15, 0.2) is 0 Å². The van der Waals surface area contributed by atoms with Crippen molar-refractivity contribution in [1.29, 1.82) is 0 Å². The zero-order valence-electron chi connectivity index (χ0n) is 12.5. The Morgan fingerprint density at radius 2 is 1.78 bits per heavy atom. The van der Waals surface area contributed by atoms with Crippen molar-refractivity contribution in [3.63, 3.8) is 0 Å². The summed E-state index contributed by atoms with van der Waals surface area (Å²) in [4.78, 5) is 23.9. The van der Waals surface area contributed by atoms with E-state index in [0.717, 1.165) is 12.1 Å². The van der Waals surface area contributed by atoms with Crippen LogP contribution in [0, 0.1) is 21.7 Å². The maximum atomic E-state index is 13.2. The summed E-state index contributed by atoms with van der Waals surface area (Å²) in [5.41, 5.74) is 0.334. The third-order valence-electron chi connectivity index (χ3n) is 3.57. The smallest absolute Gasteiger partial charge is 0.269 e. The normalized spacial score (nSPS) is 11.8. The van der Waals surface area contributed by atoms with E-state index in [1.54, 1.807) is 13.0 Å². The summed E-state index contributed by atoms with van der Waals surface area (Å²) in [6, 6.07) is 7.94. The van der Waals surface area contributed by atoms with Gasteiger partial charge in [-0.05, 0) is 24.6 Å². The molecular weight excluding hydrogens is 306 g/mol. The van der Waals surface area contributed by atoms with Crippen molar-refractivity contribution >= 4 is 11.6 Å². The van der Waals surface area contributed by atoms with E-state index in [0.29, 0.717) is 11.6 Å². The number of hydrogen-bond acceptors (Lipinski definition) is 3. The first-order chi connectivity index (χ1) is 10.8. The zero-order chi connectivity index (χ0) is 17.1. The minimum absolute atomic E-state index is 0.0907. The maximum absolute atomic E-state index is 13.2. The Balaban J connectivity index is 2.28. The number of carbonyl (C=O) groups excluding carboxylic acids is 1. The zero-order valence-corrected chi connectivity index (χ0v) is 12.5. The molecule has 0 heterocycles. The van der Waals surface area contributed by atoms with E-state index in [1.807, 2.05) is 0 Å². The molecule has 0 N–H and O–H groups in total. The first kappa shape index (κ1) is 16.5. The molecule has 1 amide bonds. The van der Waals surface area contributed by atoms with E-state index in [2.05, 4.69) is 0 Å². The summed E-state index contributed by atoms with van der Waals surface area (Å²) in [6.07, 6.45) is 0. The highest BCUT2D eigenvalue weighted by atomic mass is 19.1. The van der Waals surface area contributed by atoms with Gasteiger partial charge in [0.25, 0.3) is 11.6 Å². The van der Waals surface area contributed by atoms with Crippen molar-refractivity contribution in [2.24, 2.45) is 0 Å². The summed E-state index contributed by atoms with van der Waals surface area (Å²) >= 11 is 0. The maximum Gasteiger partial charge on any atom is 0.269 e. The SMILES string of the molecule is C[C@@H](c1cccc([N+](=O)[O-])c1)N(C)C(=O)c1cc(F)cc(F)c1. The van der Waals surface area contributed by atoms with Crippen LogP contribution in [-0.2, 0) is 0 Å². The van der Waals surface area contributed by atoms with Gasteiger partial charge in [-0.2, -0.15) is 0 Å². The average Bonchev–Trinajstić information content (AvgIpc) is 2.51. The number of hydrogen-bond donors (Lipinski definition) is 0. The Hall–Kier alpha value is -2.83. The molecule has 0 spiro atoms. The number of halogens is 2. The van der Waals surface area contributed by atoms with Crippen LogP contribution in [0.3, 0.4) is 0 Å². The second-order valence-corrected chi connectivity index (χ2v) is 5.10. The first-order valence-electron chi connectivity index (χ1n) is 6.77. The third kappa shape index (κ3) is 3.68. The van der Waals surface area contributed by atoms with Crippen molar-refractivity contribution in [2.75, 3.05) is 7.05 Å². The van der Waals surface area contributed by atoms with E-state index in [-0.39, 0.29) is 11.3 Å². The van der Waals surface area contributed by atoms with Crippen LogP contribution in [0.5, 0.6) is 0 Å². The fourth-order valence-electron chi connectivity index (χ4n) is 2.18. The number of benzene rings is 2. The predicted octanol–water partition coefficient (Wildman–Crippen LogP) is 3.71. The molecule has 2 aromatic rings. The van der Waals surface area contributed by atoms with Gasteiger partial charge in [-0.3, -0.25) is 14.9 Å². The van der Waals surface area contributed by atoms with Crippen LogP contribution >= 0.6 is 0 Å². The summed E-state index contributed by atoms with van der Waals surface area (Å²) in [6.45, 7) is 1.67. The van der Waals surface area contributed by atoms with Gasteiger partial charge in [0.1, 0.15) is 11.6 Å². The van der Waals surface area contributed by atoms with Gasteiger partial charge in [0, 0.05) is 30.8 Å². The molecule has 23 heavy (non-hydrogen) atoms. The second kappa shape index (κ2) is 6.51. The number of rotatable bonds is 4. The molecule has 7 heteroatoms. The summed E-state index contributed by atoms with van der Waals surface area (Å²) in [5, 5.41) is 10.8. The van der Waals surface area contributed by atoms with Gasteiger partial charge in [0.05, 0.1) is 11.0 Å². The van der Waals surface area contributed by atoms with Gasteiger partial charge < -0.3 is 4.90 Å². The molecule has 5 nitrogen and oxygen atoms in total. The molecule has 0 bridgehead atoms. The van der Waals surface area contributed by atoms with Gasteiger partial charge in [-0.15, -0.1) is 0 Å². The minimum Gasteiger partial charge on any atom is -0.335 e. The lowest BCUT2D eigenvalue weighted by Crippen LogP contribution is -2.29. The van der Waals surface area contributed by atoms with Crippen molar-refractivity contribution in [2.45, 2.75) is 13.0 Å². The van der Waals surface area contributed by atoms with Crippen LogP contribution in [0.15, 0.2) is 42.5 Å². The second-order valence-electron chi connectivity index (χ2n) is 5.10. The molecule has 0 aliphatic carbocycles. The number of nitro benzene ring substituents is 1. The lowest BCUT2D eigenvalue weighted by atomic mass is 10.1. The number of carbonyl (C=O) groups is 1. The largest absolute Gasteiger partial charge is 0.335 e. The van der Waals surface area contributed by atoms with Crippen LogP contribution in [0.4, 0.5) is 14.5 Å². The average molecular weight is 320 g/mol. The molecule has 1 atom stereocenters. The first-order valence-corrected chi connectivity index (χ1v) is 6.77. The van der Waals surface area contributed by atoms with Crippen LogP contribution < -0.4 is 0 Å². The van der Waals surface area contributed by atoms with Crippen molar-refractivity contribution in [3.8, 4) is 0 Å². The third-order valence-corrected chi connectivity index (χ3v) is 3.57. The lowest BCUT2D eigenvalue weighted by Gasteiger charge is -2.25. The van der Waals surface area contributed by atoms with E-state index >= 15 is 0 Å². The van der Waals surface area contributed by atoms with Gasteiger partial charge in [-0.1, -0.05) is 12.1 Å². The molecule has 120 valence electrons. The number of amides is 1. The Kier molecular flexibility index (Phi) is 4.68. The van der Waals surface area contributed by atoms with Crippen molar-refractivity contribution < 1.29 is 18.5 Å². The molecule has 0 saturated heterocycles. The molecular formula is C16H14F2N2O3. The standard InChI is InChI=1S/C16H14F2N2O3/c1-10(11-4-3-5-15(8-11)20(22)23)19(2)16(21)12-6-13(17)9-14(18)7-12/h3-10H,1-2H3/t10-/m0/s1. The molecule has 0 aliphatic rings. The van der Waals surface area contributed by atoms with Crippen LogP contribution in [0.2, 0.25) is 0 Å². The van der Waals surface area contributed by atoms with Crippen LogP contribution in [0.25, 0.3) is 0 Å². The molecule has 0 aromatic heterocycles. The number of non-ortho nitro benzene ring substituents is 1. The summed E-state index contributed by atoms with van der Waals surface area (Å²) in [5.74, 6) is -2.27. The Bertz CT molecular complexity index is 744. The van der Waals surface area contributed by atoms with E-state index in [4.69, 9.17) is 0 Å². The van der Waals surface area contributed by atoms with Gasteiger partial charge >= 0.3 is 0 Å². The summed E-state index contributed by atoms with van der Waals surface area (Å²) in [7, 11) is 1.47. The monoisotopic (exact) mass is 320 g/mol. The van der Waals surface area contributed by atoms with Crippen LogP contribution in [-0.4, -0.2) is 22.8 Å². The number of nitrogens with zero attached hydrogens (tertiary/aromatic N) is 2. The molecule has 0 fully saturated rings. The number of nitro groups is 1. The van der Waals surface area contributed by atoms with Crippen LogP contribution in [0.1, 0.15) is 28.9 Å². The Labute approximate surface area is 131 Å². The van der Waals surface area contributed by atoms with E-state index in [9.17, 15) is 23.7 Å². The highest BCUT2D eigenvalue weighted by Gasteiger charge is 2.21.